The van der Waals surface area contributed by atoms with Crippen molar-refractivity contribution >= 4 is 10.0 Å². The molecule has 3 aromatic rings. The maximum absolute atomic E-state index is 13.4. The summed E-state index contributed by atoms with van der Waals surface area (Å²) in [5.41, 5.74) is 3.00. The van der Waals surface area contributed by atoms with E-state index in [2.05, 4.69) is 10.1 Å². The van der Waals surface area contributed by atoms with Crippen molar-refractivity contribution < 1.29 is 17.3 Å². The molecule has 1 saturated heterocycles. The van der Waals surface area contributed by atoms with Gasteiger partial charge in [0.1, 0.15) is 11.9 Å². The first-order chi connectivity index (χ1) is 14.5. The molecule has 1 aliphatic carbocycles. The van der Waals surface area contributed by atoms with Crippen LogP contribution in [0.3, 0.4) is 0 Å². The van der Waals surface area contributed by atoms with Gasteiger partial charge < -0.3 is 4.52 Å². The molecule has 156 valence electrons. The quantitative estimate of drug-likeness (QED) is 0.621. The monoisotopic (exact) mass is 427 g/mol. The van der Waals surface area contributed by atoms with Gasteiger partial charge in [0, 0.05) is 12.1 Å². The Morgan fingerprint density at radius 3 is 2.57 bits per heavy atom. The molecule has 0 amide bonds. The third kappa shape index (κ3) is 3.44. The number of fused-ring (bicyclic) bond motifs is 1. The topological polar surface area (TPSA) is 76.3 Å². The lowest BCUT2D eigenvalue weighted by atomic mass is 9.92. The van der Waals surface area contributed by atoms with Crippen LogP contribution < -0.4 is 0 Å². The highest BCUT2D eigenvalue weighted by Gasteiger charge is 2.39. The zero-order chi connectivity index (χ0) is 20.7. The van der Waals surface area contributed by atoms with Gasteiger partial charge in [0.15, 0.2) is 0 Å². The number of hydrogen-bond acceptors (Lipinski definition) is 5. The van der Waals surface area contributed by atoms with Crippen LogP contribution in [0, 0.1) is 5.82 Å². The minimum atomic E-state index is -3.67. The van der Waals surface area contributed by atoms with Gasteiger partial charge in [0.2, 0.25) is 21.7 Å². The highest BCUT2D eigenvalue weighted by molar-refractivity contribution is 7.89. The van der Waals surface area contributed by atoms with Gasteiger partial charge in [-0.2, -0.15) is 9.29 Å². The molecule has 2 aromatic carbocycles. The molecule has 0 spiro atoms. The number of sulfonamides is 1. The first-order valence-electron chi connectivity index (χ1n) is 10.3. The van der Waals surface area contributed by atoms with Crippen molar-refractivity contribution in [1.82, 2.24) is 14.4 Å². The molecule has 30 heavy (non-hydrogen) atoms. The third-order valence-electron chi connectivity index (χ3n) is 5.96. The van der Waals surface area contributed by atoms with E-state index in [1.165, 1.54) is 22.0 Å². The lowest BCUT2D eigenvalue weighted by Gasteiger charge is -2.23. The summed E-state index contributed by atoms with van der Waals surface area (Å²) in [6.07, 6.45) is 5.53. The fraction of sp³-hybridized carbons (Fsp3) is 0.364. The number of nitrogens with zero attached hydrogens (tertiary/aromatic N) is 3. The van der Waals surface area contributed by atoms with Crippen LogP contribution in [0.1, 0.15) is 48.7 Å². The Morgan fingerprint density at radius 2 is 1.77 bits per heavy atom. The van der Waals surface area contributed by atoms with Crippen LogP contribution in [0.15, 0.2) is 51.9 Å². The Bertz CT molecular complexity index is 1170. The molecule has 0 saturated carbocycles. The Labute approximate surface area is 174 Å². The molecule has 0 N–H and O–H groups in total. The average molecular weight is 428 g/mol. The smallest absolute Gasteiger partial charge is 0.245 e. The van der Waals surface area contributed by atoms with Crippen molar-refractivity contribution in [3.05, 3.63) is 65.3 Å². The van der Waals surface area contributed by atoms with Gasteiger partial charge in [-0.05, 0) is 86.1 Å². The fourth-order valence-corrected chi connectivity index (χ4v) is 6.07. The normalized spacial score (nSPS) is 19.7. The van der Waals surface area contributed by atoms with Crippen LogP contribution >= 0.6 is 0 Å². The number of halogens is 1. The van der Waals surface area contributed by atoms with Gasteiger partial charge in [-0.25, -0.2) is 12.8 Å². The molecule has 8 heteroatoms. The van der Waals surface area contributed by atoms with E-state index in [9.17, 15) is 12.8 Å². The summed E-state index contributed by atoms with van der Waals surface area (Å²) < 4.78 is 46.9. The molecule has 1 aliphatic heterocycles. The molecule has 6 nitrogen and oxygen atoms in total. The predicted octanol–water partition coefficient (Wildman–Crippen LogP) is 4.28. The average Bonchev–Trinajstić information content (AvgIpc) is 3.44. The second-order valence-corrected chi connectivity index (χ2v) is 9.77. The first-order valence-corrected chi connectivity index (χ1v) is 11.7. The lowest BCUT2D eigenvalue weighted by molar-refractivity contribution is 0.290. The fourth-order valence-electron chi connectivity index (χ4n) is 4.37. The molecule has 0 radical (unpaired) electrons. The Hall–Kier alpha value is -2.58. The van der Waals surface area contributed by atoms with Crippen molar-refractivity contribution in [2.75, 3.05) is 6.54 Å². The second kappa shape index (κ2) is 7.59. The largest absolute Gasteiger partial charge is 0.337 e. The summed E-state index contributed by atoms with van der Waals surface area (Å²) in [5, 5.41) is 3.98. The summed E-state index contributed by atoms with van der Waals surface area (Å²) in [6, 6.07) is 10.8. The van der Waals surface area contributed by atoms with Crippen LogP contribution in [0.2, 0.25) is 0 Å². The molecule has 1 atom stereocenters. The minimum Gasteiger partial charge on any atom is -0.337 e. The van der Waals surface area contributed by atoms with Gasteiger partial charge in [0.25, 0.3) is 0 Å². The zero-order valence-corrected chi connectivity index (χ0v) is 17.2. The van der Waals surface area contributed by atoms with Gasteiger partial charge in [-0.3, -0.25) is 0 Å². The van der Waals surface area contributed by atoms with Crippen molar-refractivity contribution in [1.29, 1.82) is 0 Å². The van der Waals surface area contributed by atoms with E-state index in [1.54, 1.807) is 18.2 Å². The van der Waals surface area contributed by atoms with E-state index in [-0.39, 0.29) is 11.7 Å². The molecular weight excluding hydrogens is 405 g/mol. The Morgan fingerprint density at radius 1 is 1.00 bits per heavy atom. The van der Waals surface area contributed by atoms with E-state index in [4.69, 9.17) is 4.52 Å². The highest BCUT2D eigenvalue weighted by Crippen LogP contribution is 2.37. The predicted molar refractivity (Wildman–Crippen MR) is 109 cm³/mol. The summed E-state index contributed by atoms with van der Waals surface area (Å²) in [6.45, 7) is 0.415. The number of benzene rings is 2. The number of aryl methyl sites for hydroxylation is 2. The summed E-state index contributed by atoms with van der Waals surface area (Å²) in [7, 11) is -3.67. The molecule has 1 unspecified atom stereocenters. The maximum Gasteiger partial charge on any atom is 0.245 e. The Balaban J connectivity index is 1.44. The standard InChI is InChI=1S/C22H22FN3O3S/c23-18-10-7-16(8-11-18)21-24-22(29-25-21)20-6-3-13-26(20)30(27,28)19-12-9-15-4-1-2-5-17(15)14-19/h7-12,14,20H,1-6,13H2. The third-order valence-corrected chi connectivity index (χ3v) is 7.86. The van der Waals surface area contributed by atoms with Gasteiger partial charge >= 0.3 is 0 Å². The van der Waals surface area contributed by atoms with Crippen LogP contribution in [-0.2, 0) is 22.9 Å². The summed E-state index contributed by atoms with van der Waals surface area (Å²) in [4.78, 5) is 4.74. The van der Waals surface area contributed by atoms with Crippen LogP contribution in [-0.4, -0.2) is 29.4 Å². The molecule has 0 bridgehead atoms. The number of aromatic nitrogens is 2. The van der Waals surface area contributed by atoms with Crippen LogP contribution in [0.4, 0.5) is 4.39 Å². The molecule has 5 rings (SSSR count). The number of rotatable bonds is 4. The first kappa shape index (κ1) is 19.4. The highest BCUT2D eigenvalue weighted by atomic mass is 32.2. The molecule has 1 aromatic heterocycles. The summed E-state index contributed by atoms with van der Waals surface area (Å²) >= 11 is 0. The second-order valence-electron chi connectivity index (χ2n) is 7.87. The zero-order valence-electron chi connectivity index (χ0n) is 16.4. The van der Waals surface area contributed by atoms with E-state index < -0.39 is 16.1 Å². The van der Waals surface area contributed by atoms with E-state index in [0.717, 1.165) is 37.7 Å². The minimum absolute atomic E-state index is 0.272. The number of hydrogen-bond donors (Lipinski definition) is 0. The van der Waals surface area contributed by atoms with Gasteiger partial charge in [-0.1, -0.05) is 11.2 Å². The maximum atomic E-state index is 13.4. The van der Waals surface area contributed by atoms with Crippen molar-refractivity contribution in [2.45, 2.75) is 49.5 Å². The van der Waals surface area contributed by atoms with E-state index in [0.29, 0.717) is 29.2 Å². The summed E-state index contributed by atoms with van der Waals surface area (Å²) in [5.74, 6) is 0.247. The molecular formula is C22H22FN3O3S. The molecule has 2 aliphatic rings. The van der Waals surface area contributed by atoms with Crippen LogP contribution in [0.25, 0.3) is 11.4 Å². The van der Waals surface area contributed by atoms with Crippen molar-refractivity contribution in [2.24, 2.45) is 0 Å². The van der Waals surface area contributed by atoms with Crippen molar-refractivity contribution in [3.8, 4) is 11.4 Å². The van der Waals surface area contributed by atoms with E-state index >= 15 is 0 Å². The lowest BCUT2D eigenvalue weighted by Crippen LogP contribution is -2.31. The van der Waals surface area contributed by atoms with Gasteiger partial charge in [-0.15, -0.1) is 0 Å². The molecule has 1 fully saturated rings. The van der Waals surface area contributed by atoms with E-state index in [1.807, 2.05) is 12.1 Å². The van der Waals surface area contributed by atoms with Crippen LogP contribution in [0.5, 0.6) is 0 Å². The Kier molecular flexibility index (Phi) is 4.91. The SMILES string of the molecule is O=S(=O)(c1ccc2c(c1)CCCC2)N1CCCC1c1nc(-c2ccc(F)cc2)no1. The van der Waals surface area contributed by atoms with Crippen molar-refractivity contribution in [3.63, 3.8) is 0 Å². The van der Waals surface area contributed by atoms with Gasteiger partial charge in [0.05, 0.1) is 4.90 Å². The molecule has 2 heterocycles.